The van der Waals surface area contributed by atoms with Gasteiger partial charge in [-0.05, 0) is 19.1 Å². The zero-order chi connectivity index (χ0) is 11.6. The Morgan fingerprint density at radius 1 is 1.40 bits per heavy atom. The summed E-state index contributed by atoms with van der Waals surface area (Å²) >= 11 is 3.99. The topological polar surface area (TPSA) is 60.4 Å². The van der Waals surface area contributed by atoms with Crippen LogP contribution in [0.25, 0.3) is 0 Å². The number of hydrogen-bond acceptors (Lipinski definition) is 5. The number of thiol groups is 1. The van der Waals surface area contributed by atoms with E-state index >= 15 is 0 Å². The van der Waals surface area contributed by atoms with Gasteiger partial charge in [0.05, 0.1) is 7.11 Å². The molecule has 6 heteroatoms. The fraction of sp³-hybridized carbons (Fsp3) is 0.222. The van der Waals surface area contributed by atoms with Gasteiger partial charge in [-0.25, -0.2) is 0 Å². The number of rotatable bonds is 3. The molecule has 1 aromatic carbocycles. The van der Waals surface area contributed by atoms with Gasteiger partial charge in [0.25, 0.3) is 10.1 Å². The van der Waals surface area contributed by atoms with E-state index in [1.54, 1.807) is 0 Å². The minimum Gasteiger partial charge on any atom is -0.295 e. The summed E-state index contributed by atoms with van der Waals surface area (Å²) in [7, 11) is -2.75. The molecule has 0 bridgehead atoms. The lowest BCUT2D eigenvalue weighted by molar-refractivity contribution is 0.101. The van der Waals surface area contributed by atoms with Crippen molar-refractivity contribution in [2.75, 3.05) is 7.11 Å². The number of carbonyl (C=O) groups excluding carboxylic acids is 1. The van der Waals surface area contributed by atoms with Gasteiger partial charge in [0.2, 0.25) is 0 Å². The van der Waals surface area contributed by atoms with Crippen LogP contribution >= 0.6 is 12.6 Å². The average molecular weight is 246 g/mol. The van der Waals surface area contributed by atoms with Crippen LogP contribution in [0.4, 0.5) is 0 Å². The molecule has 0 aliphatic rings. The van der Waals surface area contributed by atoms with E-state index in [9.17, 15) is 13.2 Å². The SMILES string of the molecule is COS(=O)(=O)c1cc(C(C)=O)ccc1S. The minimum atomic E-state index is -3.81. The predicted molar refractivity (Wildman–Crippen MR) is 57.9 cm³/mol. The molecule has 0 atom stereocenters. The van der Waals surface area contributed by atoms with Crippen molar-refractivity contribution in [2.24, 2.45) is 0 Å². The quantitative estimate of drug-likeness (QED) is 0.499. The van der Waals surface area contributed by atoms with Crippen molar-refractivity contribution in [3.8, 4) is 0 Å². The van der Waals surface area contributed by atoms with E-state index in [0.717, 1.165) is 7.11 Å². The molecular weight excluding hydrogens is 236 g/mol. The van der Waals surface area contributed by atoms with Crippen LogP contribution in [0.3, 0.4) is 0 Å². The van der Waals surface area contributed by atoms with E-state index in [1.807, 2.05) is 0 Å². The fourth-order valence-electron chi connectivity index (χ4n) is 1.02. The standard InChI is InChI=1S/C9H10O4S2/c1-6(10)7-3-4-8(14)9(5-7)15(11,12)13-2/h3-5,14H,1-2H3. The Morgan fingerprint density at radius 3 is 2.47 bits per heavy atom. The summed E-state index contributed by atoms with van der Waals surface area (Å²) in [4.78, 5) is 11.2. The molecule has 0 heterocycles. The highest BCUT2D eigenvalue weighted by Crippen LogP contribution is 2.22. The van der Waals surface area contributed by atoms with Crippen LogP contribution in [-0.4, -0.2) is 21.3 Å². The van der Waals surface area contributed by atoms with Crippen LogP contribution in [0, 0.1) is 0 Å². The van der Waals surface area contributed by atoms with Crippen molar-refractivity contribution in [1.82, 2.24) is 0 Å². The second-order valence-corrected chi connectivity index (χ2v) is 5.02. The maximum Gasteiger partial charge on any atom is 0.297 e. The molecule has 0 fully saturated rings. The molecule has 0 amide bonds. The summed E-state index contributed by atoms with van der Waals surface area (Å²) in [5.41, 5.74) is 0.309. The van der Waals surface area contributed by atoms with Crippen molar-refractivity contribution in [1.29, 1.82) is 0 Å². The largest absolute Gasteiger partial charge is 0.297 e. The van der Waals surface area contributed by atoms with Gasteiger partial charge in [0.15, 0.2) is 5.78 Å². The third kappa shape index (κ3) is 2.58. The molecule has 0 saturated heterocycles. The van der Waals surface area contributed by atoms with Crippen molar-refractivity contribution >= 4 is 28.5 Å². The average Bonchev–Trinajstić information content (AvgIpc) is 2.17. The predicted octanol–water partition coefficient (Wildman–Crippen LogP) is 1.51. The molecule has 0 aliphatic heterocycles. The molecule has 82 valence electrons. The lowest BCUT2D eigenvalue weighted by Crippen LogP contribution is -2.05. The maximum atomic E-state index is 11.4. The van der Waals surface area contributed by atoms with Crippen LogP contribution in [0.15, 0.2) is 28.0 Å². The Bertz CT molecular complexity index is 491. The van der Waals surface area contributed by atoms with Crippen LogP contribution < -0.4 is 0 Å². The first-order valence-corrected chi connectivity index (χ1v) is 5.88. The molecule has 0 N–H and O–H groups in total. The van der Waals surface area contributed by atoms with Crippen molar-refractivity contribution < 1.29 is 17.4 Å². The lowest BCUT2D eigenvalue weighted by Gasteiger charge is -2.05. The van der Waals surface area contributed by atoms with E-state index in [2.05, 4.69) is 16.8 Å². The van der Waals surface area contributed by atoms with E-state index in [0.29, 0.717) is 5.56 Å². The smallest absolute Gasteiger partial charge is 0.295 e. The van der Waals surface area contributed by atoms with Crippen LogP contribution in [-0.2, 0) is 14.3 Å². The van der Waals surface area contributed by atoms with Gasteiger partial charge in [-0.2, -0.15) is 8.42 Å². The molecule has 0 radical (unpaired) electrons. The van der Waals surface area contributed by atoms with Gasteiger partial charge in [0, 0.05) is 10.5 Å². The highest BCUT2D eigenvalue weighted by atomic mass is 32.2. The minimum absolute atomic E-state index is 0.0963. The molecule has 0 aliphatic carbocycles. The number of hydrogen-bond donors (Lipinski definition) is 1. The Hall–Kier alpha value is -0.850. The van der Waals surface area contributed by atoms with Gasteiger partial charge in [0.1, 0.15) is 4.90 Å². The Morgan fingerprint density at radius 2 is 2.00 bits per heavy atom. The van der Waals surface area contributed by atoms with Gasteiger partial charge in [-0.15, -0.1) is 12.6 Å². The summed E-state index contributed by atoms with van der Waals surface area (Å²) in [6, 6.07) is 4.22. The molecule has 0 spiro atoms. The number of ketones is 1. The summed E-state index contributed by atoms with van der Waals surface area (Å²) in [6.45, 7) is 1.36. The third-order valence-corrected chi connectivity index (χ3v) is 3.71. The lowest BCUT2D eigenvalue weighted by atomic mass is 10.1. The number of carbonyl (C=O) groups is 1. The zero-order valence-electron chi connectivity index (χ0n) is 8.22. The first-order chi connectivity index (χ1) is 6.88. The first-order valence-electron chi connectivity index (χ1n) is 4.03. The molecular formula is C9H10O4S2. The van der Waals surface area contributed by atoms with Gasteiger partial charge >= 0.3 is 0 Å². The van der Waals surface area contributed by atoms with E-state index in [4.69, 9.17) is 0 Å². The molecule has 1 aromatic rings. The van der Waals surface area contributed by atoms with Gasteiger partial charge < -0.3 is 0 Å². The van der Waals surface area contributed by atoms with E-state index in [1.165, 1.54) is 25.1 Å². The van der Waals surface area contributed by atoms with Gasteiger partial charge in [-0.3, -0.25) is 8.98 Å². The Balaban J connectivity index is 3.42. The number of benzene rings is 1. The molecule has 0 aromatic heterocycles. The Labute approximate surface area is 93.8 Å². The highest BCUT2D eigenvalue weighted by molar-refractivity contribution is 7.88. The third-order valence-electron chi connectivity index (χ3n) is 1.86. The zero-order valence-corrected chi connectivity index (χ0v) is 9.93. The first kappa shape index (κ1) is 12.2. The molecule has 4 nitrogen and oxygen atoms in total. The van der Waals surface area contributed by atoms with Crippen LogP contribution in [0.2, 0.25) is 0 Å². The summed E-state index contributed by atoms with van der Waals surface area (Å²) in [5, 5.41) is 0. The summed E-state index contributed by atoms with van der Waals surface area (Å²) in [6.07, 6.45) is 0. The monoisotopic (exact) mass is 246 g/mol. The normalized spacial score (nSPS) is 11.4. The summed E-state index contributed by atoms with van der Waals surface area (Å²) < 4.78 is 27.2. The van der Waals surface area contributed by atoms with E-state index in [-0.39, 0.29) is 15.6 Å². The fourth-order valence-corrected chi connectivity index (χ4v) is 2.27. The number of Topliss-reactive ketones (excluding diaryl/α,β-unsaturated/α-hetero) is 1. The summed E-state index contributed by atoms with van der Waals surface area (Å²) in [5.74, 6) is -0.212. The van der Waals surface area contributed by atoms with E-state index < -0.39 is 10.1 Å². The molecule has 0 unspecified atom stereocenters. The second kappa shape index (κ2) is 4.34. The Kier molecular flexibility index (Phi) is 3.54. The second-order valence-electron chi connectivity index (χ2n) is 2.86. The molecule has 15 heavy (non-hydrogen) atoms. The van der Waals surface area contributed by atoms with Crippen LogP contribution in [0.5, 0.6) is 0 Å². The van der Waals surface area contributed by atoms with Gasteiger partial charge in [-0.1, -0.05) is 6.07 Å². The molecule has 0 saturated carbocycles. The van der Waals surface area contributed by atoms with Crippen molar-refractivity contribution in [3.05, 3.63) is 23.8 Å². The highest BCUT2D eigenvalue weighted by Gasteiger charge is 2.17. The van der Waals surface area contributed by atoms with Crippen molar-refractivity contribution in [3.63, 3.8) is 0 Å². The van der Waals surface area contributed by atoms with Crippen molar-refractivity contribution in [2.45, 2.75) is 16.7 Å². The van der Waals surface area contributed by atoms with Crippen LogP contribution in [0.1, 0.15) is 17.3 Å². The molecule has 1 rings (SSSR count). The maximum absolute atomic E-state index is 11.4.